The van der Waals surface area contributed by atoms with Crippen molar-refractivity contribution in [3.05, 3.63) is 29.8 Å². The highest BCUT2D eigenvalue weighted by Gasteiger charge is 2.18. The molecule has 0 radical (unpaired) electrons. The van der Waals surface area contributed by atoms with Crippen molar-refractivity contribution in [1.29, 1.82) is 0 Å². The molecule has 0 unspecified atom stereocenters. The van der Waals surface area contributed by atoms with E-state index < -0.39 is 0 Å². The van der Waals surface area contributed by atoms with E-state index in [1.54, 1.807) is 0 Å². The van der Waals surface area contributed by atoms with Gasteiger partial charge in [-0.15, -0.1) is 0 Å². The van der Waals surface area contributed by atoms with Gasteiger partial charge in [0.15, 0.2) is 0 Å². The highest BCUT2D eigenvalue weighted by Crippen LogP contribution is 2.19. The fraction of sp³-hybridized carbons (Fsp3) is 0.700. The number of nitrogens with zero attached hydrogens (tertiary/aromatic N) is 1. The van der Waals surface area contributed by atoms with Crippen molar-refractivity contribution in [2.24, 2.45) is 0 Å². The molecule has 3 rings (SSSR count). The molecule has 0 amide bonds. The van der Waals surface area contributed by atoms with Crippen molar-refractivity contribution < 1.29 is 9.47 Å². The maximum Gasteiger partial charge on any atom is 0.119 e. The summed E-state index contributed by atoms with van der Waals surface area (Å²) in [5, 5.41) is 3.67. The Labute approximate surface area is 146 Å². The largest absolute Gasteiger partial charge is 0.492 e. The van der Waals surface area contributed by atoms with Crippen LogP contribution in [0.4, 0.5) is 0 Å². The molecule has 1 aromatic rings. The Morgan fingerprint density at radius 3 is 2.75 bits per heavy atom. The Hall–Kier alpha value is -1.10. The van der Waals surface area contributed by atoms with Crippen LogP contribution in [0.5, 0.6) is 5.75 Å². The number of ether oxygens (including phenoxy) is 2. The van der Waals surface area contributed by atoms with Gasteiger partial charge in [0.1, 0.15) is 12.4 Å². The first kappa shape index (κ1) is 17.7. The van der Waals surface area contributed by atoms with Gasteiger partial charge in [-0.3, -0.25) is 4.90 Å². The second kappa shape index (κ2) is 9.40. The number of nitrogens with one attached hydrogen (secondary N) is 1. The van der Waals surface area contributed by atoms with Crippen molar-refractivity contribution in [3.8, 4) is 5.75 Å². The monoisotopic (exact) mass is 332 g/mol. The van der Waals surface area contributed by atoms with Crippen LogP contribution in [0.15, 0.2) is 24.3 Å². The number of hydrogen-bond donors (Lipinski definition) is 1. The molecule has 1 aromatic carbocycles. The Balaban J connectivity index is 1.39. The number of hydrogen-bond acceptors (Lipinski definition) is 4. The summed E-state index contributed by atoms with van der Waals surface area (Å²) in [6, 6.07) is 9.88. The van der Waals surface area contributed by atoms with Crippen molar-refractivity contribution in [2.45, 2.75) is 57.2 Å². The normalized spacial score (nSPS) is 19.9. The van der Waals surface area contributed by atoms with Crippen LogP contribution in [0, 0.1) is 0 Å². The van der Waals surface area contributed by atoms with Gasteiger partial charge < -0.3 is 14.8 Å². The van der Waals surface area contributed by atoms with Crippen LogP contribution >= 0.6 is 0 Å². The standard InChI is InChI=1S/C20H32N2O2/c1-22(19-9-12-23-13-10-19)11-14-24-20-8-4-5-17(15-20)16-21-18-6-2-3-7-18/h4-5,8,15,18-19,21H,2-3,6-7,9-14,16H2,1H3. The maximum absolute atomic E-state index is 5.98. The zero-order chi connectivity index (χ0) is 16.6. The second-order valence-electron chi connectivity index (χ2n) is 7.18. The van der Waals surface area contributed by atoms with Crippen LogP contribution in [-0.2, 0) is 11.3 Å². The van der Waals surface area contributed by atoms with Crippen LogP contribution < -0.4 is 10.1 Å². The summed E-state index contributed by atoms with van der Waals surface area (Å²) >= 11 is 0. The molecule has 1 saturated carbocycles. The van der Waals surface area contributed by atoms with Gasteiger partial charge in [-0.25, -0.2) is 0 Å². The summed E-state index contributed by atoms with van der Waals surface area (Å²) < 4.78 is 11.4. The summed E-state index contributed by atoms with van der Waals surface area (Å²) in [6.45, 7) is 4.45. The molecule has 1 heterocycles. The van der Waals surface area contributed by atoms with Crippen molar-refractivity contribution >= 4 is 0 Å². The fourth-order valence-corrected chi connectivity index (χ4v) is 3.75. The third-order valence-corrected chi connectivity index (χ3v) is 5.38. The molecule has 0 spiro atoms. The molecule has 1 aliphatic heterocycles. The fourth-order valence-electron chi connectivity index (χ4n) is 3.75. The first-order valence-electron chi connectivity index (χ1n) is 9.54. The smallest absolute Gasteiger partial charge is 0.119 e. The van der Waals surface area contributed by atoms with Gasteiger partial charge in [0.25, 0.3) is 0 Å². The molecule has 0 aromatic heterocycles. The average molecular weight is 332 g/mol. The molecule has 2 fully saturated rings. The van der Waals surface area contributed by atoms with E-state index in [0.717, 1.165) is 51.5 Å². The Bertz CT molecular complexity index is 482. The van der Waals surface area contributed by atoms with E-state index in [0.29, 0.717) is 12.1 Å². The summed E-state index contributed by atoms with van der Waals surface area (Å²) in [7, 11) is 2.20. The lowest BCUT2D eigenvalue weighted by molar-refractivity contribution is 0.0392. The maximum atomic E-state index is 5.98. The van der Waals surface area contributed by atoms with Crippen LogP contribution in [0.1, 0.15) is 44.1 Å². The van der Waals surface area contributed by atoms with Gasteiger partial charge in [-0.05, 0) is 50.4 Å². The van der Waals surface area contributed by atoms with Crippen LogP contribution in [0.3, 0.4) is 0 Å². The molecular weight excluding hydrogens is 300 g/mol. The lowest BCUT2D eigenvalue weighted by Crippen LogP contribution is -2.38. The third-order valence-electron chi connectivity index (χ3n) is 5.38. The van der Waals surface area contributed by atoms with E-state index in [-0.39, 0.29) is 0 Å². The van der Waals surface area contributed by atoms with E-state index in [2.05, 4.69) is 41.5 Å². The molecule has 1 aliphatic carbocycles. The zero-order valence-corrected chi connectivity index (χ0v) is 15.0. The molecule has 1 saturated heterocycles. The molecule has 0 atom stereocenters. The van der Waals surface area contributed by atoms with Crippen molar-refractivity contribution in [1.82, 2.24) is 10.2 Å². The quantitative estimate of drug-likeness (QED) is 0.792. The highest BCUT2D eigenvalue weighted by atomic mass is 16.5. The van der Waals surface area contributed by atoms with Gasteiger partial charge in [0.2, 0.25) is 0 Å². The predicted molar refractivity (Wildman–Crippen MR) is 97.5 cm³/mol. The van der Waals surface area contributed by atoms with Crippen molar-refractivity contribution in [2.75, 3.05) is 33.4 Å². The van der Waals surface area contributed by atoms with E-state index in [9.17, 15) is 0 Å². The topological polar surface area (TPSA) is 33.7 Å². The van der Waals surface area contributed by atoms with Gasteiger partial charge in [0.05, 0.1) is 0 Å². The van der Waals surface area contributed by atoms with Crippen LogP contribution in [0.25, 0.3) is 0 Å². The molecule has 24 heavy (non-hydrogen) atoms. The minimum absolute atomic E-state index is 0.643. The highest BCUT2D eigenvalue weighted by molar-refractivity contribution is 5.28. The van der Waals surface area contributed by atoms with Crippen LogP contribution in [0.2, 0.25) is 0 Å². The molecule has 2 aliphatic rings. The summed E-state index contributed by atoms with van der Waals surface area (Å²) in [5.74, 6) is 0.987. The number of benzene rings is 1. The molecule has 134 valence electrons. The second-order valence-corrected chi connectivity index (χ2v) is 7.18. The number of rotatable bonds is 8. The van der Waals surface area contributed by atoms with Crippen LogP contribution in [-0.4, -0.2) is 50.4 Å². The van der Waals surface area contributed by atoms with Crippen molar-refractivity contribution in [3.63, 3.8) is 0 Å². The Morgan fingerprint density at radius 2 is 1.96 bits per heavy atom. The lowest BCUT2D eigenvalue weighted by atomic mass is 10.1. The number of likely N-dealkylation sites (N-methyl/N-ethyl adjacent to an activating group) is 1. The van der Waals surface area contributed by atoms with E-state index in [1.165, 1.54) is 31.2 Å². The Morgan fingerprint density at radius 1 is 1.17 bits per heavy atom. The van der Waals surface area contributed by atoms with E-state index >= 15 is 0 Å². The third kappa shape index (κ3) is 5.47. The first-order valence-corrected chi connectivity index (χ1v) is 9.54. The summed E-state index contributed by atoms with van der Waals surface area (Å²) in [5.41, 5.74) is 1.32. The first-order chi connectivity index (χ1) is 11.8. The van der Waals surface area contributed by atoms with E-state index in [4.69, 9.17) is 9.47 Å². The zero-order valence-electron chi connectivity index (χ0n) is 15.0. The summed E-state index contributed by atoms with van der Waals surface area (Å²) in [6.07, 6.45) is 7.68. The minimum Gasteiger partial charge on any atom is -0.492 e. The minimum atomic E-state index is 0.643. The molecule has 4 nitrogen and oxygen atoms in total. The van der Waals surface area contributed by atoms with Gasteiger partial charge in [-0.2, -0.15) is 0 Å². The summed E-state index contributed by atoms with van der Waals surface area (Å²) in [4.78, 5) is 2.41. The Kier molecular flexibility index (Phi) is 6.94. The van der Waals surface area contributed by atoms with Gasteiger partial charge >= 0.3 is 0 Å². The lowest BCUT2D eigenvalue weighted by Gasteiger charge is -2.31. The SMILES string of the molecule is CN(CCOc1cccc(CNC2CCCC2)c1)C1CCOCC1. The molecular formula is C20H32N2O2. The van der Waals surface area contributed by atoms with Gasteiger partial charge in [0, 0.05) is 38.4 Å². The van der Waals surface area contributed by atoms with Gasteiger partial charge in [-0.1, -0.05) is 25.0 Å². The molecule has 0 bridgehead atoms. The van der Waals surface area contributed by atoms with E-state index in [1.807, 2.05) is 0 Å². The predicted octanol–water partition coefficient (Wildman–Crippen LogP) is 3.21. The molecule has 4 heteroatoms. The molecule has 1 N–H and O–H groups in total. The average Bonchev–Trinajstić information content (AvgIpc) is 3.15.